The maximum absolute atomic E-state index is 9.33. The maximum atomic E-state index is 9.33. The van der Waals surface area contributed by atoms with E-state index in [2.05, 4.69) is 37.0 Å². The minimum absolute atomic E-state index is 0.130. The predicted molar refractivity (Wildman–Crippen MR) is 89.5 cm³/mol. The van der Waals surface area contributed by atoms with Crippen molar-refractivity contribution in [3.05, 3.63) is 34.8 Å². The number of aromatic nitrogens is 4. The van der Waals surface area contributed by atoms with Crippen LogP contribution in [0.3, 0.4) is 0 Å². The van der Waals surface area contributed by atoms with Crippen molar-refractivity contribution in [3.8, 4) is 17.3 Å². The largest absolute Gasteiger partial charge is 0.383 e. The van der Waals surface area contributed by atoms with E-state index in [1.165, 1.54) is 6.20 Å². The molecule has 0 aliphatic carbocycles. The van der Waals surface area contributed by atoms with E-state index in [9.17, 15) is 5.26 Å². The van der Waals surface area contributed by atoms with Crippen LogP contribution < -0.4 is 5.73 Å². The summed E-state index contributed by atoms with van der Waals surface area (Å²) in [5.41, 5.74) is 8.33. The number of methoxy groups -OCH3 is 1. The fourth-order valence-electron chi connectivity index (χ4n) is 2.41. The molecule has 0 aliphatic rings. The molecule has 0 saturated heterocycles. The summed E-state index contributed by atoms with van der Waals surface area (Å²) in [5, 5.41) is 10.3. The highest BCUT2D eigenvalue weighted by molar-refractivity contribution is 9.10. The van der Waals surface area contributed by atoms with E-state index in [1.807, 2.05) is 16.8 Å². The van der Waals surface area contributed by atoms with Crippen LogP contribution in [0.5, 0.6) is 0 Å². The first-order chi connectivity index (χ1) is 11.1. The van der Waals surface area contributed by atoms with Gasteiger partial charge in [-0.25, -0.2) is 15.0 Å². The highest BCUT2D eigenvalue weighted by Crippen LogP contribution is 2.32. The third kappa shape index (κ3) is 2.88. The molecule has 116 valence electrons. The summed E-state index contributed by atoms with van der Waals surface area (Å²) in [4.78, 5) is 12.4. The zero-order valence-corrected chi connectivity index (χ0v) is 13.9. The number of hydrogen-bond donors (Lipinski definition) is 1. The van der Waals surface area contributed by atoms with Gasteiger partial charge in [-0.2, -0.15) is 5.26 Å². The predicted octanol–water partition coefficient (Wildman–Crippen LogP) is 2.36. The van der Waals surface area contributed by atoms with Crippen molar-refractivity contribution in [2.45, 2.75) is 6.54 Å². The molecule has 0 atom stereocenters. The molecule has 2 N–H and O–H groups in total. The Balaban J connectivity index is 2.27. The summed E-state index contributed by atoms with van der Waals surface area (Å²) < 4.78 is 7.87. The summed E-state index contributed by atoms with van der Waals surface area (Å²) in [6.45, 7) is 1.23. The van der Waals surface area contributed by atoms with Gasteiger partial charge in [0.15, 0.2) is 0 Å². The number of pyridine rings is 1. The van der Waals surface area contributed by atoms with Crippen LogP contribution in [0.15, 0.2) is 29.3 Å². The highest BCUT2D eigenvalue weighted by Gasteiger charge is 2.16. The van der Waals surface area contributed by atoms with Gasteiger partial charge in [-0.1, -0.05) is 0 Å². The van der Waals surface area contributed by atoms with Gasteiger partial charge in [-0.15, -0.1) is 0 Å². The van der Waals surface area contributed by atoms with Gasteiger partial charge in [0, 0.05) is 30.8 Å². The lowest BCUT2D eigenvalue weighted by molar-refractivity contribution is 0.188. The van der Waals surface area contributed by atoms with Crippen molar-refractivity contribution in [2.24, 2.45) is 0 Å². The average molecular weight is 373 g/mol. The molecule has 0 unspecified atom stereocenters. The SMILES string of the molecule is COCCn1cc(-c2nc(N)ncc2C#N)c2cc(Br)ncc21. The number of nitrogens with zero attached hydrogens (tertiary/aromatic N) is 5. The molecule has 8 heteroatoms. The van der Waals surface area contributed by atoms with Gasteiger partial charge in [0.1, 0.15) is 10.7 Å². The molecule has 3 aromatic heterocycles. The van der Waals surface area contributed by atoms with Gasteiger partial charge in [0.25, 0.3) is 0 Å². The molecular formula is C15H13BrN6O. The van der Waals surface area contributed by atoms with Crippen LogP contribution in [-0.4, -0.2) is 33.2 Å². The molecule has 3 aromatic rings. The Morgan fingerprint density at radius 3 is 2.96 bits per heavy atom. The molecule has 3 heterocycles. The minimum Gasteiger partial charge on any atom is -0.383 e. The molecule has 0 radical (unpaired) electrons. The van der Waals surface area contributed by atoms with E-state index in [-0.39, 0.29) is 5.95 Å². The minimum atomic E-state index is 0.130. The Bertz CT molecular complexity index is 914. The zero-order valence-electron chi connectivity index (χ0n) is 12.3. The molecule has 23 heavy (non-hydrogen) atoms. The molecule has 0 spiro atoms. The molecule has 0 amide bonds. The Hall–Kier alpha value is -2.50. The fraction of sp³-hybridized carbons (Fsp3) is 0.200. The van der Waals surface area contributed by atoms with Crippen molar-refractivity contribution in [1.82, 2.24) is 19.5 Å². The van der Waals surface area contributed by atoms with Crippen molar-refractivity contribution in [1.29, 1.82) is 5.26 Å². The van der Waals surface area contributed by atoms with E-state index < -0.39 is 0 Å². The standard InChI is InChI=1S/C15H13BrN6O/c1-23-3-2-22-8-11(10-4-13(16)19-7-12(10)22)14-9(5-17)6-20-15(18)21-14/h4,6-8H,2-3H2,1H3,(H2,18,20,21). The first-order valence-electron chi connectivity index (χ1n) is 6.80. The Morgan fingerprint density at radius 2 is 2.22 bits per heavy atom. The van der Waals surface area contributed by atoms with Crippen LogP contribution in [-0.2, 0) is 11.3 Å². The van der Waals surface area contributed by atoms with Crippen LogP contribution >= 0.6 is 15.9 Å². The molecule has 0 saturated carbocycles. The van der Waals surface area contributed by atoms with E-state index in [4.69, 9.17) is 10.5 Å². The Morgan fingerprint density at radius 1 is 1.39 bits per heavy atom. The molecular weight excluding hydrogens is 360 g/mol. The van der Waals surface area contributed by atoms with Gasteiger partial charge in [-0.3, -0.25) is 0 Å². The second-order valence-corrected chi connectivity index (χ2v) is 5.67. The summed E-state index contributed by atoms with van der Waals surface area (Å²) in [6, 6.07) is 4.01. The van der Waals surface area contributed by atoms with E-state index >= 15 is 0 Å². The van der Waals surface area contributed by atoms with Gasteiger partial charge in [0.05, 0.1) is 35.8 Å². The third-order valence-corrected chi connectivity index (χ3v) is 3.89. The topological polar surface area (TPSA) is 103 Å². The molecule has 0 aromatic carbocycles. The van der Waals surface area contributed by atoms with Gasteiger partial charge in [-0.05, 0) is 22.0 Å². The summed E-state index contributed by atoms with van der Waals surface area (Å²) in [7, 11) is 1.65. The third-order valence-electron chi connectivity index (χ3n) is 3.45. The average Bonchev–Trinajstić information content (AvgIpc) is 2.90. The van der Waals surface area contributed by atoms with E-state index in [0.29, 0.717) is 29.0 Å². The smallest absolute Gasteiger partial charge is 0.220 e. The number of halogens is 1. The normalized spacial score (nSPS) is 10.8. The molecule has 0 bridgehead atoms. The number of nitrogen functional groups attached to an aromatic ring is 1. The lowest BCUT2D eigenvalue weighted by Gasteiger charge is -2.03. The van der Waals surface area contributed by atoms with E-state index in [1.54, 1.807) is 13.3 Å². The number of rotatable bonds is 4. The van der Waals surface area contributed by atoms with Crippen molar-refractivity contribution >= 4 is 32.8 Å². The van der Waals surface area contributed by atoms with E-state index in [0.717, 1.165) is 16.5 Å². The van der Waals surface area contributed by atoms with Crippen LogP contribution in [0.25, 0.3) is 22.2 Å². The zero-order chi connectivity index (χ0) is 16.4. The van der Waals surface area contributed by atoms with Crippen LogP contribution in [0.2, 0.25) is 0 Å². The van der Waals surface area contributed by atoms with Gasteiger partial charge in [0.2, 0.25) is 5.95 Å². The molecule has 0 fully saturated rings. The van der Waals surface area contributed by atoms with Gasteiger partial charge >= 0.3 is 0 Å². The number of fused-ring (bicyclic) bond motifs is 1. The maximum Gasteiger partial charge on any atom is 0.220 e. The van der Waals surface area contributed by atoms with Crippen LogP contribution in [0, 0.1) is 11.3 Å². The Kier molecular flexibility index (Phi) is 4.23. The fourth-order valence-corrected chi connectivity index (χ4v) is 2.74. The summed E-state index contributed by atoms with van der Waals surface area (Å²) in [5.74, 6) is 0.130. The number of nitriles is 1. The van der Waals surface area contributed by atoms with Crippen LogP contribution in [0.1, 0.15) is 5.56 Å². The van der Waals surface area contributed by atoms with Crippen LogP contribution in [0.4, 0.5) is 5.95 Å². The second-order valence-electron chi connectivity index (χ2n) is 4.86. The monoisotopic (exact) mass is 372 g/mol. The lowest BCUT2D eigenvalue weighted by Crippen LogP contribution is -2.02. The number of hydrogen-bond acceptors (Lipinski definition) is 6. The molecule has 0 aliphatic heterocycles. The summed E-state index contributed by atoms with van der Waals surface area (Å²) in [6.07, 6.45) is 5.14. The summed E-state index contributed by atoms with van der Waals surface area (Å²) >= 11 is 3.38. The number of ether oxygens (including phenoxy) is 1. The quantitative estimate of drug-likeness (QED) is 0.705. The Labute approximate surface area is 140 Å². The molecule has 7 nitrogen and oxygen atoms in total. The van der Waals surface area contributed by atoms with Crippen molar-refractivity contribution in [2.75, 3.05) is 19.5 Å². The lowest BCUT2D eigenvalue weighted by atomic mass is 10.1. The first kappa shape index (κ1) is 15.4. The molecule has 3 rings (SSSR count). The second kappa shape index (κ2) is 6.32. The van der Waals surface area contributed by atoms with Crippen molar-refractivity contribution in [3.63, 3.8) is 0 Å². The highest BCUT2D eigenvalue weighted by atomic mass is 79.9. The van der Waals surface area contributed by atoms with Gasteiger partial charge < -0.3 is 15.0 Å². The number of nitrogens with two attached hydrogens (primary N) is 1. The number of anilines is 1. The van der Waals surface area contributed by atoms with Crippen molar-refractivity contribution < 1.29 is 4.74 Å². The first-order valence-corrected chi connectivity index (χ1v) is 7.59.